The number of likely N-dealkylation sites (N-methyl/N-ethyl adjacent to an activating group) is 1. The molecular weight excluding hydrogens is 280 g/mol. The first-order valence-corrected chi connectivity index (χ1v) is 6.20. The fraction of sp³-hybridized carbons (Fsp3) is 0.429. The van der Waals surface area contributed by atoms with Crippen LogP contribution in [0.3, 0.4) is 0 Å². The van der Waals surface area contributed by atoms with Gasteiger partial charge in [-0.15, -0.1) is 12.4 Å². The number of nitrogens with one attached hydrogen (secondary N) is 2. The molecule has 1 aromatic rings. The number of Topliss-reactive ketones (excluding diaryl/α,β-unsaturated/α-hetero) is 1. The first-order valence-electron chi connectivity index (χ1n) is 6.20. The molecule has 2 N–H and O–H groups in total. The summed E-state index contributed by atoms with van der Waals surface area (Å²) >= 11 is 0. The summed E-state index contributed by atoms with van der Waals surface area (Å²) in [6.07, 6.45) is 0. The lowest BCUT2D eigenvalue weighted by Gasteiger charge is -2.12. The van der Waals surface area contributed by atoms with Crippen LogP contribution in [-0.4, -0.2) is 37.9 Å². The van der Waals surface area contributed by atoms with Crippen LogP contribution in [0.2, 0.25) is 0 Å². The fourth-order valence-electron chi connectivity index (χ4n) is 1.37. The zero-order valence-electron chi connectivity index (χ0n) is 11.9. The van der Waals surface area contributed by atoms with Crippen molar-refractivity contribution in [2.75, 3.05) is 20.2 Å². The van der Waals surface area contributed by atoms with Crippen molar-refractivity contribution in [2.45, 2.75) is 19.9 Å². The summed E-state index contributed by atoms with van der Waals surface area (Å²) in [5.41, 5.74) is 0.571. The van der Waals surface area contributed by atoms with Crippen molar-refractivity contribution in [1.29, 1.82) is 0 Å². The SMILES string of the molecule is CNC(C)CNC(=O)COc1cccc(C(C)=O)c1.Cl. The van der Waals surface area contributed by atoms with E-state index in [4.69, 9.17) is 4.74 Å². The van der Waals surface area contributed by atoms with Crippen molar-refractivity contribution in [3.8, 4) is 5.75 Å². The Labute approximate surface area is 125 Å². The summed E-state index contributed by atoms with van der Waals surface area (Å²) in [4.78, 5) is 22.7. The molecule has 0 bridgehead atoms. The molecule has 0 saturated heterocycles. The van der Waals surface area contributed by atoms with Gasteiger partial charge in [0.2, 0.25) is 0 Å². The summed E-state index contributed by atoms with van der Waals surface area (Å²) in [6.45, 7) is 3.95. The molecular formula is C14H21ClN2O3. The Balaban J connectivity index is 0.00000361. The number of carbonyl (C=O) groups is 2. The Bertz CT molecular complexity index is 452. The molecule has 0 aromatic heterocycles. The lowest BCUT2D eigenvalue weighted by molar-refractivity contribution is -0.123. The molecule has 1 rings (SSSR count). The van der Waals surface area contributed by atoms with Gasteiger partial charge in [-0.3, -0.25) is 9.59 Å². The van der Waals surface area contributed by atoms with Gasteiger partial charge in [0.05, 0.1) is 0 Å². The molecule has 1 atom stereocenters. The molecule has 0 radical (unpaired) electrons. The predicted molar refractivity (Wildman–Crippen MR) is 80.7 cm³/mol. The molecule has 0 aliphatic heterocycles. The highest BCUT2D eigenvalue weighted by Gasteiger charge is 2.06. The van der Waals surface area contributed by atoms with E-state index in [1.165, 1.54) is 6.92 Å². The Morgan fingerprint density at radius 2 is 2.05 bits per heavy atom. The number of rotatable bonds is 7. The van der Waals surface area contributed by atoms with Crippen molar-refractivity contribution in [2.24, 2.45) is 0 Å². The molecule has 6 heteroatoms. The van der Waals surface area contributed by atoms with Gasteiger partial charge in [0.1, 0.15) is 5.75 Å². The first-order chi connectivity index (χ1) is 9.02. The molecule has 0 heterocycles. The molecule has 1 amide bonds. The number of amides is 1. The van der Waals surface area contributed by atoms with Crippen molar-refractivity contribution < 1.29 is 14.3 Å². The number of halogens is 1. The van der Waals surface area contributed by atoms with Gasteiger partial charge in [0.25, 0.3) is 5.91 Å². The van der Waals surface area contributed by atoms with Crippen LogP contribution in [0.5, 0.6) is 5.75 Å². The van der Waals surface area contributed by atoms with Crippen LogP contribution in [0.25, 0.3) is 0 Å². The zero-order valence-corrected chi connectivity index (χ0v) is 12.8. The van der Waals surface area contributed by atoms with E-state index in [-0.39, 0.29) is 36.7 Å². The monoisotopic (exact) mass is 300 g/mol. The lowest BCUT2D eigenvalue weighted by Crippen LogP contribution is -2.39. The van der Waals surface area contributed by atoms with Gasteiger partial charge in [0.15, 0.2) is 12.4 Å². The Morgan fingerprint density at radius 1 is 1.35 bits per heavy atom. The minimum absolute atomic E-state index is 0. The zero-order chi connectivity index (χ0) is 14.3. The summed E-state index contributed by atoms with van der Waals surface area (Å²) in [5, 5.41) is 5.77. The number of carbonyl (C=O) groups excluding carboxylic acids is 2. The maximum Gasteiger partial charge on any atom is 0.257 e. The molecule has 0 saturated carbocycles. The smallest absolute Gasteiger partial charge is 0.257 e. The van der Waals surface area contributed by atoms with Crippen molar-refractivity contribution in [1.82, 2.24) is 10.6 Å². The van der Waals surface area contributed by atoms with Gasteiger partial charge < -0.3 is 15.4 Å². The maximum atomic E-state index is 11.5. The minimum Gasteiger partial charge on any atom is -0.484 e. The molecule has 112 valence electrons. The largest absolute Gasteiger partial charge is 0.484 e. The molecule has 0 fully saturated rings. The van der Waals surface area contributed by atoms with Gasteiger partial charge in [-0.05, 0) is 33.0 Å². The summed E-state index contributed by atoms with van der Waals surface area (Å²) in [7, 11) is 1.83. The molecule has 0 spiro atoms. The Hall–Kier alpha value is -1.59. The van der Waals surface area contributed by atoms with Gasteiger partial charge in [-0.25, -0.2) is 0 Å². The summed E-state index contributed by atoms with van der Waals surface area (Å²) < 4.78 is 5.34. The van der Waals surface area contributed by atoms with E-state index in [0.717, 1.165) is 0 Å². The number of ketones is 1. The average molecular weight is 301 g/mol. The highest BCUT2D eigenvalue weighted by atomic mass is 35.5. The third kappa shape index (κ3) is 6.54. The third-order valence-corrected chi connectivity index (χ3v) is 2.71. The molecule has 0 aliphatic carbocycles. The quantitative estimate of drug-likeness (QED) is 0.747. The van der Waals surface area contributed by atoms with E-state index >= 15 is 0 Å². The predicted octanol–water partition coefficient (Wildman–Crippen LogP) is 1.41. The van der Waals surface area contributed by atoms with Gasteiger partial charge in [0, 0.05) is 18.2 Å². The Morgan fingerprint density at radius 3 is 2.65 bits per heavy atom. The van der Waals surface area contributed by atoms with Crippen molar-refractivity contribution >= 4 is 24.1 Å². The van der Waals surface area contributed by atoms with Crippen LogP contribution in [0.1, 0.15) is 24.2 Å². The van der Waals surface area contributed by atoms with Crippen LogP contribution < -0.4 is 15.4 Å². The maximum absolute atomic E-state index is 11.5. The minimum atomic E-state index is -0.185. The number of hydrogen-bond donors (Lipinski definition) is 2. The van der Waals surface area contributed by atoms with E-state index in [9.17, 15) is 9.59 Å². The van der Waals surface area contributed by atoms with E-state index in [1.54, 1.807) is 24.3 Å². The number of hydrogen-bond acceptors (Lipinski definition) is 4. The normalized spacial score (nSPS) is 11.2. The van der Waals surface area contributed by atoms with Gasteiger partial charge in [-0.2, -0.15) is 0 Å². The van der Waals surface area contributed by atoms with Gasteiger partial charge in [-0.1, -0.05) is 12.1 Å². The highest BCUT2D eigenvalue weighted by molar-refractivity contribution is 5.94. The molecule has 1 unspecified atom stereocenters. The van der Waals surface area contributed by atoms with Crippen LogP contribution >= 0.6 is 12.4 Å². The average Bonchev–Trinajstić information content (AvgIpc) is 2.42. The standard InChI is InChI=1S/C14H20N2O3.ClH/c1-10(15-3)8-16-14(18)9-19-13-6-4-5-12(7-13)11(2)17;/h4-7,10,15H,8-9H2,1-3H3,(H,16,18);1H. The fourth-order valence-corrected chi connectivity index (χ4v) is 1.37. The van der Waals surface area contributed by atoms with Crippen molar-refractivity contribution in [3.05, 3.63) is 29.8 Å². The van der Waals surface area contributed by atoms with Gasteiger partial charge >= 0.3 is 0 Å². The molecule has 5 nitrogen and oxygen atoms in total. The number of ether oxygens (including phenoxy) is 1. The third-order valence-electron chi connectivity index (χ3n) is 2.71. The second-order valence-corrected chi connectivity index (χ2v) is 4.37. The lowest BCUT2D eigenvalue weighted by atomic mass is 10.1. The van der Waals surface area contributed by atoms with E-state index in [0.29, 0.717) is 17.9 Å². The molecule has 0 aliphatic rings. The number of benzene rings is 1. The highest BCUT2D eigenvalue weighted by Crippen LogP contribution is 2.13. The molecule has 1 aromatic carbocycles. The van der Waals surface area contributed by atoms with Crippen LogP contribution in [0, 0.1) is 0 Å². The second-order valence-electron chi connectivity index (χ2n) is 4.37. The van der Waals surface area contributed by atoms with E-state index in [1.807, 2.05) is 14.0 Å². The van der Waals surface area contributed by atoms with E-state index in [2.05, 4.69) is 10.6 Å². The molecule has 20 heavy (non-hydrogen) atoms. The summed E-state index contributed by atoms with van der Waals surface area (Å²) in [5.74, 6) is 0.303. The van der Waals surface area contributed by atoms with E-state index < -0.39 is 0 Å². The van der Waals surface area contributed by atoms with Crippen molar-refractivity contribution in [3.63, 3.8) is 0 Å². The summed E-state index contributed by atoms with van der Waals surface area (Å²) in [6, 6.07) is 7.00. The van der Waals surface area contributed by atoms with Crippen LogP contribution in [-0.2, 0) is 4.79 Å². The topological polar surface area (TPSA) is 67.4 Å². The van der Waals surface area contributed by atoms with Crippen LogP contribution in [0.15, 0.2) is 24.3 Å². The Kier molecular flexibility index (Phi) is 8.59. The second kappa shape index (κ2) is 9.34. The first kappa shape index (κ1) is 18.4. The van der Waals surface area contributed by atoms with Crippen LogP contribution in [0.4, 0.5) is 0 Å².